The number of unbranched alkanes of at least 4 members (excludes halogenated alkanes) is 1. The van der Waals surface area contributed by atoms with Crippen LogP contribution in [0.2, 0.25) is 6.04 Å². The van der Waals surface area contributed by atoms with Crippen LogP contribution in [-0.2, 0) is 13.3 Å². The minimum atomic E-state index is -2.38. The Balaban J connectivity index is 2.32. The standard InChI is InChI=1S/C14H22O3Si/c1-15-18(16-2,17-3)13-9-5-8-12-14-10-6-4-7-11-14/h4,6-8,10-12H,5,9,13H2,1-3H3. The van der Waals surface area contributed by atoms with Gasteiger partial charge in [0.1, 0.15) is 0 Å². The largest absolute Gasteiger partial charge is 0.500 e. The van der Waals surface area contributed by atoms with Crippen molar-refractivity contribution >= 4 is 14.9 Å². The van der Waals surface area contributed by atoms with Gasteiger partial charge in [-0.05, 0) is 18.4 Å². The monoisotopic (exact) mass is 266 g/mol. The molecule has 0 spiro atoms. The third kappa shape index (κ3) is 4.74. The predicted molar refractivity (Wildman–Crippen MR) is 76.3 cm³/mol. The Morgan fingerprint density at radius 3 is 2.17 bits per heavy atom. The zero-order chi connectivity index (χ0) is 13.3. The van der Waals surface area contributed by atoms with Crippen molar-refractivity contribution in [3.05, 3.63) is 42.0 Å². The maximum atomic E-state index is 5.37. The molecule has 100 valence electrons. The summed E-state index contributed by atoms with van der Waals surface area (Å²) in [7, 11) is 2.57. The van der Waals surface area contributed by atoms with Crippen molar-refractivity contribution in [1.82, 2.24) is 0 Å². The van der Waals surface area contributed by atoms with Gasteiger partial charge in [-0.25, -0.2) is 0 Å². The summed E-state index contributed by atoms with van der Waals surface area (Å²) in [6, 6.07) is 11.1. The first-order valence-corrected chi connectivity index (χ1v) is 8.06. The lowest BCUT2D eigenvalue weighted by atomic mass is 10.2. The number of benzene rings is 1. The van der Waals surface area contributed by atoms with Crippen LogP contribution >= 0.6 is 0 Å². The molecule has 4 heteroatoms. The third-order valence-electron chi connectivity index (χ3n) is 2.90. The fourth-order valence-electron chi connectivity index (χ4n) is 1.78. The highest BCUT2D eigenvalue weighted by Crippen LogP contribution is 2.16. The lowest BCUT2D eigenvalue weighted by molar-refractivity contribution is 0.123. The molecule has 1 rings (SSSR count). The summed E-state index contributed by atoms with van der Waals surface area (Å²) in [6.45, 7) is 0. The van der Waals surface area contributed by atoms with E-state index in [9.17, 15) is 0 Å². The van der Waals surface area contributed by atoms with Crippen molar-refractivity contribution in [3.8, 4) is 0 Å². The molecule has 0 unspecified atom stereocenters. The van der Waals surface area contributed by atoms with Gasteiger partial charge in [0, 0.05) is 27.4 Å². The number of hydrogen-bond donors (Lipinski definition) is 0. The second kappa shape index (κ2) is 8.21. The summed E-state index contributed by atoms with van der Waals surface area (Å²) < 4.78 is 16.1. The first-order valence-electron chi connectivity index (χ1n) is 6.13. The quantitative estimate of drug-likeness (QED) is 0.533. The van der Waals surface area contributed by atoms with E-state index in [4.69, 9.17) is 13.3 Å². The van der Waals surface area contributed by atoms with Gasteiger partial charge in [-0.15, -0.1) is 0 Å². The van der Waals surface area contributed by atoms with Crippen LogP contribution in [-0.4, -0.2) is 30.1 Å². The van der Waals surface area contributed by atoms with Crippen molar-refractivity contribution in [2.24, 2.45) is 0 Å². The third-order valence-corrected chi connectivity index (χ3v) is 5.73. The Morgan fingerprint density at radius 2 is 1.61 bits per heavy atom. The molecule has 1 aromatic carbocycles. The molecular weight excluding hydrogens is 244 g/mol. The maximum Gasteiger partial charge on any atom is 0.500 e. The molecule has 0 saturated heterocycles. The van der Waals surface area contributed by atoms with E-state index in [1.807, 2.05) is 18.2 Å². The molecule has 0 aliphatic heterocycles. The van der Waals surface area contributed by atoms with E-state index in [0.717, 1.165) is 18.9 Å². The van der Waals surface area contributed by atoms with Gasteiger partial charge >= 0.3 is 8.80 Å². The molecular formula is C14H22O3Si. The normalized spacial score (nSPS) is 12.2. The van der Waals surface area contributed by atoms with E-state index >= 15 is 0 Å². The van der Waals surface area contributed by atoms with Crippen LogP contribution in [0.15, 0.2) is 36.4 Å². The lowest BCUT2D eigenvalue weighted by Gasteiger charge is -2.23. The molecule has 0 N–H and O–H groups in total. The fraction of sp³-hybridized carbons (Fsp3) is 0.429. The molecule has 0 aliphatic carbocycles. The molecule has 18 heavy (non-hydrogen) atoms. The maximum absolute atomic E-state index is 5.37. The van der Waals surface area contributed by atoms with Gasteiger partial charge in [-0.1, -0.05) is 42.5 Å². The van der Waals surface area contributed by atoms with Gasteiger partial charge in [0.15, 0.2) is 0 Å². The van der Waals surface area contributed by atoms with E-state index in [1.165, 1.54) is 5.56 Å². The second-order valence-corrected chi connectivity index (χ2v) is 7.09. The predicted octanol–water partition coefficient (Wildman–Crippen LogP) is 3.36. The highest BCUT2D eigenvalue weighted by Gasteiger charge is 2.36. The molecule has 0 atom stereocenters. The molecule has 0 saturated carbocycles. The van der Waals surface area contributed by atoms with Gasteiger partial charge in [0.05, 0.1) is 0 Å². The highest BCUT2D eigenvalue weighted by atomic mass is 28.4. The number of hydrogen-bond acceptors (Lipinski definition) is 3. The van der Waals surface area contributed by atoms with Crippen LogP contribution in [0, 0.1) is 0 Å². The minimum absolute atomic E-state index is 0.843. The van der Waals surface area contributed by atoms with Crippen LogP contribution in [0.4, 0.5) is 0 Å². The van der Waals surface area contributed by atoms with Crippen LogP contribution < -0.4 is 0 Å². The van der Waals surface area contributed by atoms with Crippen molar-refractivity contribution in [3.63, 3.8) is 0 Å². The van der Waals surface area contributed by atoms with Crippen LogP contribution in [0.3, 0.4) is 0 Å². The summed E-state index contributed by atoms with van der Waals surface area (Å²) >= 11 is 0. The second-order valence-electron chi connectivity index (χ2n) is 4.00. The average Bonchev–Trinajstić information content (AvgIpc) is 2.45. The van der Waals surface area contributed by atoms with Crippen molar-refractivity contribution in [2.75, 3.05) is 21.3 Å². The SMILES string of the molecule is CO[Si](CCCC=Cc1ccccc1)(OC)OC. The average molecular weight is 266 g/mol. The van der Waals surface area contributed by atoms with Gasteiger partial charge in [-0.2, -0.15) is 0 Å². The minimum Gasteiger partial charge on any atom is -0.377 e. The molecule has 0 fully saturated rings. The van der Waals surface area contributed by atoms with E-state index in [0.29, 0.717) is 0 Å². The number of allylic oxidation sites excluding steroid dienone is 1. The van der Waals surface area contributed by atoms with Gasteiger partial charge in [0.25, 0.3) is 0 Å². The molecule has 0 amide bonds. The lowest BCUT2D eigenvalue weighted by Crippen LogP contribution is -2.42. The summed E-state index contributed by atoms with van der Waals surface area (Å²) in [4.78, 5) is 0. The van der Waals surface area contributed by atoms with Crippen LogP contribution in [0.5, 0.6) is 0 Å². The van der Waals surface area contributed by atoms with Gasteiger partial charge in [-0.3, -0.25) is 0 Å². The molecule has 0 aromatic heterocycles. The summed E-state index contributed by atoms with van der Waals surface area (Å²) in [5.41, 5.74) is 1.23. The topological polar surface area (TPSA) is 27.7 Å². The molecule has 0 aliphatic rings. The molecule has 0 radical (unpaired) electrons. The zero-order valence-electron chi connectivity index (χ0n) is 11.4. The Labute approximate surface area is 111 Å². The van der Waals surface area contributed by atoms with Crippen molar-refractivity contribution < 1.29 is 13.3 Å². The molecule has 0 bridgehead atoms. The van der Waals surface area contributed by atoms with E-state index in [1.54, 1.807) is 21.3 Å². The van der Waals surface area contributed by atoms with Gasteiger partial charge < -0.3 is 13.3 Å². The fourth-order valence-corrected chi connectivity index (χ4v) is 3.53. The summed E-state index contributed by atoms with van der Waals surface area (Å²) in [5.74, 6) is 0. The Hall–Kier alpha value is -0.943. The smallest absolute Gasteiger partial charge is 0.377 e. The number of rotatable bonds is 8. The first kappa shape index (κ1) is 15.1. The van der Waals surface area contributed by atoms with Crippen molar-refractivity contribution in [2.45, 2.75) is 18.9 Å². The summed E-state index contributed by atoms with van der Waals surface area (Å²) in [6.07, 6.45) is 6.32. The van der Waals surface area contributed by atoms with Gasteiger partial charge in [0.2, 0.25) is 0 Å². The van der Waals surface area contributed by atoms with E-state index < -0.39 is 8.80 Å². The highest BCUT2D eigenvalue weighted by molar-refractivity contribution is 6.60. The Bertz CT molecular complexity index is 339. The molecule has 3 nitrogen and oxygen atoms in total. The Kier molecular flexibility index (Phi) is 6.89. The van der Waals surface area contributed by atoms with E-state index in [-0.39, 0.29) is 0 Å². The van der Waals surface area contributed by atoms with Crippen LogP contribution in [0.1, 0.15) is 18.4 Å². The van der Waals surface area contributed by atoms with E-state index in [2.05, 4.69) is 24.3 Å². The zero-order valence-corrected chi connectivity index (χ0v) is 12.4. The van der Waals surface area contributed by atoms with Crippen molar-refractivity contribution in [1.29, 1.82) is 0 Å². The Morgan fingerprint density at radius 1 is 1.00 bits per heavy atom. The molecule has 0 heterocycles. The van der Waals surface area contributed by atoms with Crippen LogP contribution in [0.25, 0.3) is 6.08 Å². The molecule has 1 aromatic rings. The summed E-state index contributed by atoms with van der Waals surface area (Å²) in [5, 5.41) is 0. The first-order chi connectivity index (χ1) is 8.76.